The third-order valence-corrected chi connectivity index (χ3v) is 6.68. The van der Waals surface area contributed by atoms with Crippen LogP contribution in [0.3, 0.4) is 0 Å². The molecular weight excluding hydrogens is 446 g/mol. The van der Waals surface area contributed by atoms with Crippen molar-refractivity contribution in [3.8, 4) is 23.1 Å². The molecule has 30 heavy (non-hydrogen) atoms. The Hall–Kier alpha value is -3.26. The molecule has 2 heterocycles. The summed E-state index contributed by atoms with van der Waals surface area (Å²) in [7, 11) is -2.33. The van der Waals surface area contributed by atoms with Crippen molar-refractivity contribution in [2.45, 2.75) is 4.90 Å². The molecule has 0 saturated carbocycles. The first-order chi connectivity index (χ1) is 14.4. The second kappa shape index (κ2) is 7.87. The highest BCUT2D eigenvalue weighted by atomic mass is 35.5. The van der Waals surface area contributed by atoms with Gasteiger partial charge >= 0.3 is 0 Å². The number of sulfonamides is 1. The van der Waals surface area contributed by atoms with Crippen LogP contribution in [0.25, 0.3) is 22.0 Å². The maximum atomic E-state index is 12.7. The van der Waals surface area contributed by atoms with Gasteiger partial charge in [-0.3, -0.25) is 9.71 Å². The van der Waals surface area contributed by atoms with E-state index in [1.165, 1.54) is 24.8 Å². The van der Waals surface area contributed by atoms with E-state index in [0.29, 0.717) is 27.8 Å². The first-order valence-corrected chi connectivity index (χ1v) is 11.1. The number of pyridine rings is 1. The lowest BCUT2D eigenvalue weighted by atomic mass is 10.0. The van der Waals surface area contributed by atoms with Crippen LogP contribution in [-0.2, 0) is 10.0 Å². The second-order valence-corrected chi connectivity index (χ2v) is 8.96. The summed E-state index contributed by atoms with van der Waals surface area (Å²) in [4.78, 5) is 4.50. The molecule has 0 atom stereocenters. The third kappa shape index (κ3) is 3.66. The molecule has 4 rings (SSSR count). The summed E-state index contributed by atoms with van der Waals surface area (Å²) < 4.78 is 33.1. The predicted octanol–water partition coefficient (Wildman–Crippen LogP) is 4.09. The fourth-order valence-corrected chi connectivity index (χ4v) is 4.85. The highest BCUT2D eigenvalue weighted by molar-refractivity contribution is 7.93. The highest BCUT2D eigenvalue weighted by Gasteiger charge is 2.19. The van der Waals surface area contributed by atoms with Crippen molar-refractivity contribution in [1.29, 1.82) is 5.26 Å². The Morgan fingerprint density at radius 2 is 2.07 bits per heavy atom. The Bertz CT molecular complexity index is 1400. The average molecular weight is 458 g/mol. The molecule has 4 aromatic rings. The normalized spacial score (nSPS) is 11.2. The van der Waals surface area contributed by atoms with Gasteiger partial charge in [0.2, 0.25) is 5.13 Å². The van der Waals surface area contributed by atoms with E-state index in [9.17, 15) is 13.7 Å². The van der Waals surface area contributed by atoms with Gasteiger partial charge in [-0.1, -0.05) is 29.0 Å². The molecule has 150 valence electrons. The van der Waals surface area contributed by atoms with Gasteiger partial charge in [-0.2, -0.15) is 5.26 Å². The first kappa shape index (κ1) is 20.0. The smallest absolute Gasteiger partial charge is 0.263 e. The van der Waals surface area contributed by atoms with Crippen molar-refractivity contribution in [3.05, 3.63) is 58.7 Å². The molecule has 0 amide bonds. The van der Waals surface area contributed by atoms with E-state index in [2.05, 4.69) is 19.9 Å². The molecule has 0 bridgehead atoms. The summed E-state index contributed by atoms with van der Waals surface area (Å²) in [6.07, 6.45) is 1.56. The number of aromatic nitrogens is 3. The Balaban J connectivity index is 1.85. The molecule has 0 aliphatic carbocycles. The summed E-state index contributed by atoms with van der Waals surface area (Å²) in [5.41, 5.74) is 2.84. The van der Waals surface area contributed by atoms with Crippen molar-refractivity contribution in [2.24, 2.45) is 0 Å². The molecule has 0 aliphatic rings. The Labute approximate surface area is 180 Å². The van der Waals surface area contributed by atoms with E-state index in [1.54, 1.807) is 30.5 Å². The fraction of sp³-hybridized carbons (Fsp3) is 0.0526. The van der Waals surface area contributed by atoms with Crippen LogP contribution in [0.2, 0.25) is 5.02 Å². The lowest BCUT2D eigenvalue weighted by Crippen LogP contribution is -2.12. The maximum Gasteiger partial charge on any atom is 0.263 e. The number of benzene rings is 2. The van der Waals surface area contributed by atoms with Crippen LogP contribution in [0.5, 0.6) is 5.75 Å². The van der Waals surface area contributed by atoms with E-state index in [4.69, 9.17) is 16.3 Å². The number of nitrogens with one attached hydrogen (secondary N) is 1. The highest BCUT2D eigenvalue weighted by Crippen LogP contribution is 2.37. The summed E-state index contributed by atoms with van der Waals surface area (Å²) in [5.74, 6) is 0.452. The van der Waals surface area contributed by atoms with Crippen molar-refractivity contribution in [2.75, 3.05) is 11.8 Å². The molecule has 2 aromatic heterocycles. The summed E-state index contributed by atoms with van der Waals surface area (Å²) >= 11 is 7.19. The number of halogens is 1. The molecule has 8 nitrogen and oxygen atoms in total. The summed E-state index contributed by atoms with van der Waals surface area (Å²) in [6.45, 7) is 0. The SMILES string of the molecule is COc1cc(Cl)c(C#N)cc1-c1nccc2cc(S(=O)(=O)Nc3nncs3)ccc12. The molecule has 0 spiro atoms. The zero-order chi connectivity index (χ0) is 21.3. The largest absolute Gasteiger partial charge is 0.496 e. The number of hydrogen-bond donors (Lipinski definition) is 1. The number of methoxy groups -OCH3 is 1. The minimum absolute atomic E-state index is 0.0723. The summed E-state index contributed by atoms with van der Waals surface area (Å²) in [6, 6.07) is 11.6. The number of ether oxygens (including phenoxy) is 1. The standard InChI is InChI=1S/C19H12ClN5O3S2/c1-28-17-8-16(20)12(9-21)7-15(17)18-14-3-2-13(6-11(14)4-5-22-18)30(26,27)25-19-24-23-10-29-19/h2-8,10H,1H3,(H,24,25). The predicted molar refractivity (Wildman–Crippen MR) is 114 cm³/mol. The van der Waals surface area contributed by atoms with Crippen LogP contribution in [0.4, 0.5) is 5.13 Å². The van der Waals surface area contributed by atoms with E-state index in [0.717, 1.165) is 11.3 Å². The van der Waals surface area contributed by atoms with Crippen LogP contribution >= 0.6 is 22.9 Å². The van der Waals surface area contributed by atoms with Gasteiger partial charge < -0.3 is 4.74 Å². The van der Waals surface area contributed by atoms with Gasteiger partial charge in [0.1, 0.15) is 17.3 Å². The number of nitriles is 1. The average Bonchev–Trinajstić information content (AvgIpc) is 3.25. The monoisotopic (exact) mass is 457 g/mol. The lowest BCUT2D eigenvalue weighted by molar-refractivity contribution is 0.416. The lowest BCUT2D eigenvalue weighted by Gasteiger charge is -2.13. The molecule has 0 unspecified atom stereocenters. The molecule has 1 N–H and O–H groups in total. The van der Waals surface area contributed by atoms with Crippen molar-refractivity contribution in [1.82, 2.24) is 15.2 Å². The molecule has 0 aliphatic heterocycles. The van der Waals surface area contributed by atoms with Crippen LogP contribution in [0, 0.1) is 11.3 Å². The number of rotatable bonds is 5. The van der Waals surface area contributed by atoms with Gasteiger partial charge in [0, 0.05) is 23.2 Å². The maximum absolute atomic E-state index is 12.7. The van der Waals surface area contributed by atoms with E-state index >= 15 is 0 Å². The Morgan fingerprint density at radius 3 is 2.77 bits per heavy atom. The molecule has 0 saturated heterocycles. The van der Waals surface area contributed by atoms with Gasteiger partial charge in [-0.25, -0.2) is 8.42 Å². The fourth-order valence-electron chi connectivity index (χ4n) is 2.92. The topological polar surface area (TPSA) is 118 Å². The molecule has 0 fully saturated rings. The zero-order valence-electron chi connectivity index (χ0n) is 15.3. The van der Waals surface area contributed by atoms with Gasteiger partial charge in [-0.15, -0.1) is 10.2 Å². The van der Waals surface area contributed by atoms with Gasteiger partial charge in [0.15, 0.2) is 0 Å². The molecule has 2 aromatic carbocycles. The van der Waals surface area contributed by atoms with E-state index in [1.807, 2.05) is 6.07 Å². The van der Waals surface area contributed by atoms with Crippen LogP contribution in [-0.4, -0.2) is 30.7 Å². The van der Waals surface area contributed by atoms with Crippen molar-refractivity contribution in [3.63, 3.8) is 0 Å². The van der Waals surface area contributed by atoms with Crippen LogP contribution in [0.1, 0.15) is 5.56 Å². The quantitative estimate of drug-likeness (QED) is 0.479. The van der Waals surface area contributed by atoms with Crippen molar-refractivity contribution >= 4 is 48.9 Å². The molecular formula is C19H12ClN5O3S2. The second-order valence-electron chi connectivity index (χ2n) is 6.04. The van der Waals surface area contributed by atoms with Gasteiger partial charge in [0.25, 0.3) is 10.0 Å². The minimum Gasteiger partial charge on any atom is -0.496 e. The molecule has 11 heteroatoms. The van der Waals surface area contributed by atoms with E-state index in [-0.39, 0.29) is 20.6 Å². The van der Waals surface area contributed by atoms with Crippen LogP contribution < -0.4 is 9.46 Å². The molecule has 0 radical (unpaired) electrons. The third-order valence-electron chi connectivity index (χ3n) is 4.29. The first-order valence-electron chi connectivity index (χ1n) is 8.38. The summed E-state index contributed by atoms with van der Waals surface area (Å²) in [5, 5.41) is 18.4. The number of fused-ring (bicyclic) bond motifs is 1. The Kier molecular flexibility index (Phi) is 5.26. The number of hydrogen-bond acceptors (Lipinski definition) is 8. The zero-order valence-corrected chi connectivity index (χ0v) is 17.7. The van der Waals surface area contributed by atoms with Crippen molar-refractivity contribution < 1.29 is 13.2 Å². The number of nitrogens with zero attached hydrogens (tertiary/aromatic N) is 4. The van der Waals surface area contributed by atoms with Gasteiger partial charge in [0.05, 0.1) is 28.3 Å². The van der Waals surface area contributed by atoms with Gasteiger partial charge in [-0.05, 0) is 29.7 Å². The minimum atomic E-state index is -3.83. The Morgan fingerprint density at radius 1 is 1.23 bits per heavy atom. The van der Waals surface area contributed by atoms with Crippen LogP contribution in [0.15, 0.2) is 53.0 Å². The number of anilines is 1. The van der Waals surface area contributed by atoms with E-state index < -0.39 is 10.0 Å².